The van der Waals surface area contributed by atoms with E-state index in [4.69, 9.17) is 11.6 Å². The number of benzene rings is 1. The minimum absolute atomic E-state index is 0.135. The van der Waals surface area contributed by atoms with Gasteiger partial charge in [-0.15, -0.1) is 0 Å². The van der Waals surface area contributed by atoms with Crippen LogP contribution < -0.4 is 5.32 Å². The van der Waals surface area contributed by atoms with Crippen molar-refractivity contribution < 1.29 is 13.2 Å². The summed E-state index contributed by atoms with van der Waals surface area (Å²) in [5, 5.41) is 3.21. The number of nitrogens with one attached hydrogen (secondary N) is 1. The second-order valence-corrected chi connectivity index (χ2v) is 4.09. The monoisotopic (exact) mass is 274 g/mol. The Morgan fingerprint density at radius 3 is 2.72 bits per heavy atom. The molecular formula is C12H10ClF3N2. The van der Waals surface area contributed by atoms with Gasteiger partial charge in [-0.1, -0.05) is 11.6 Å². The summed E-state index contributed by atoms with van der Waals surface area (Å²) in [6, 6.07) is 4.16. The lowest BCUT2D eigenvalue weighted by atomic mass is 10.1. The van der Waals surface area contributed by atoms with Crippen molar-refractivity contribution in [2.75, 3.05) is 11.9 Å². The first kappa shape index (κ1) is 13.0. The van der Waals surface area contributed by atoms with Crippen LogP contribution in [-0.4, -0.2) is 11.5 Å². The number of hydrogen-bond acceptors (Lipinski definition) is 2. The molecule has 0 bridgehead atoms. The Bertz CT molecular complexity index is 587. The summed E-state index contributed by atoms with van der Waals surface area (Å²) >= 11 is 5.63. The highest BCUT2D eigenvalue weighted by Gasteiger charge is 2.16. The quantitative estimate of drug-likeness (QED) is 0.897. The lowest BCUT2D eigenvalue weighted by molar-refractivity contribution is 0.146. The topological polar surface area (TPSA) is 24.9 Å². The molecular weight excluding hydrogens is 265 g/mol. The molecule has 2 aromatic rings. The molecule has 0 radical (unpaired) electrons. The van der Waals surface area contributed by atoms with Crippen molar-refractivity contribution in [1.82, 2.24) is 4.98 Å². The Morgan fingerprint density at radius 1 is 1.39 bits per heavy atom. The van der Waals surface area contributed by atoms with E-state index in [-0.39, 0.29) is 10.5 Å². The summed E-state index contributed by atoms with van der Waals surface area (Å²) in [6.07, 6.45) is -2.76. The molecule has 0 saturated carbocycles. The van der Waals surface area contributed by atoms with Gasteiger partial charge in [-0.25, -0.2) is 18.2 Å². The van der Waals surface area contributed by atoms with E-state index in [9.17, 15) is 13.2 Å². The van der Waals surface area contributed by atoms with Crippen molar-refractivity contribution in [1.29, 1.82) is 0 Å². The molecule has 0 fully saturated rings. The molecule has 0 amide bonds. The van der Waals surface area contributed by atoms with Crippen LogP contribution in [-0.2, 0) is 0 Å². The molecule has 96 valence electrons. The van der Waals surface area contributed by atoms with E-state index in [1.165, 1.54) is 12.1 Å². The predicted molar refractivity (Wildman–Crippen MR) is 65.8 cm³/mol. The van der Waals surface area contributed by atoms with Gasteiger partial charge in [0.1, 0.15) is 11.2 Å². The Morgan fingerprint density at radius 2 is 2.11 bits per heavy atom. The normalized spacial score (nSPS) is 11.2. The van der Waals surface area contributed by atoms with Crippen LogP contribution >= 0.6 is 11.6 Å². The molecule has 1 aromatic carbocycles. The summed E-state index contributed by atoms with van der Waals surface area (Å²) in [4.78, 5) is 3.63. The maximum atomic E-state index is 13.8. The molecule has 0 aliphatic rings. The fourth-order valence-corrected chi connectivity index (χ4v) is 1.85. The Balaban J connectivity index is 2.77. The Hall–Kier alpha value is -1.49. The lowest BCUT2D eigenvalue weighted by Gasteiger charge is -2.11. The third-order valence-corrected chi connectivity index (χ3v) is 2.78. The van der Waals surface area contributed by atoms with Gasteiger partial charge in [-0.2, -0.15) is 0 Å². The number of hydrogen-bond donors (Lipinski definition) is 1. The molecule has 0 unspecified atom stereocenters. The second-order valence-electron chi connectivity index (χ2n) is 3.68. The molecule has 0 spiro atoms. The van der Waals surface area contributed by atoms with Crippen molar-refractivity contribution in [3.8, 4) is 0 Å². The molecule has 1 heterocycles. The van der Waals surface area contributed by atoms with Crippen molar-refractivity contribution >= 4 is 28.2 Å². The molecule has 1 aromatic heterocycles. The van der Waals surface area contributed by atoms with Gasteiger partial charge in [0.15, 0.2) is 5.82 Å². The highest BCUT2D eigenvalue weighted by Crippen LogP contribution is 2.31. The van der Waals surface area contributed by atoms with Crippen LogP contribution in [0.15, 0.2) is 18.2 Å². The van der Waals surface area contributed by atoms with Crippen molar-refractivity contribution in [3.05, 3.63) is 34.7 Å². The van der Waals surface area contributed by atoms with Crippen LogP contribution in [0.3, 0.4) is 0 Å². The minimum Gasteiger partial charge on any atom is -0.385 e. The summed E-state index contributed by atoms with van der Waals surface area (Å²) in [7, 11) is 0. The molecule has 0 aliphatic heterocycles. The summed E-state index contributed by atoms with van der Waals surface area (Å²) in [5.74, 6) is -0.782. The Kier molecular flexibility index (Phi) is 3.61. The molecule has 1 N–H and O–H groups in total. The van der Waals surface area contributed by atoms with Gasteiger partial charge >= 0.3 is 0 Å². The third-order valence-electron chi connectivity index (χ3n) is 2.48. The van der Waals surface area contributed by atoms with Gasteiger partial charge in [0.25, 0.3) is 6.43 Å². The van der Waals surface area contributed by atoms with Gasteiger partial charge in [-0.05, 0) is 25.1 Å². The zero-order valence-electron chi connectivity index (χ0n) is 9.48. The van der Waals surface area contributed by atoms with Crippen LogP contribution in [0.4, 0.5) is 18.9 Å². The highest BCUT2D eigenvalue weighted by molar-refractivity contribution is 6.31. The zero-order chi connectivity index (χ0) is 13.3. The number of fused-ring (bicyclic) bond motifs is 1. The van der Waals surface area contributed by atoms with Crippen molar-refractivity contribution in [2.45, 2.75) is 13.3 Å². The first-order valence-electron chi connectivity index (χ1n) is 5.35. The Labute approximate surface area is 107 Å². The van der Waals surface area contributed by atoms with Gasteiger partial charge in [-0.3, -0.25) is 0 Å². The molecule has 0 saturated heterocycles. The SMILES string of the molecule is CCNc1cc(C(F)F)nc2c(F)c(Cl)ccc12. The number of halogens is 4. The maximum Gasteiger partial charge on any atom is 0.280 e. The number of pyridine rings is 1. The zero-order valence-corrected chi connectivity index (χ0v) is 10.2. The number of rotatable bonds is 3. The van der Waals surface area contributed by atoms with E-state index in [1.807, 2.05) is 6.92 Å². The van der Waals surface area contributed by atoms with Crippen molar-refractivity contribution in [2.24, 2.45) is 0 Å². The average molecular weight is 275 g/mol. The van der Waals surface area contributed by atoms with Crippen LogP contribution in [0.5, 0.6) is 0 Å². The highest BCUT2D eigenvalue weighted by atomic mass is 35.5. The van der Waals surface area contributed by atoms with Gasteiger partial charge < -0.3 is 5.32 Å². The fourth-order valence-electron chi connectivity index (χ4n) is 1.70. The van der Waals surface area contributed by atoms with Gasteiger partial charge in [0, 0.05) is 17.6 Å². The first-order valence-corrected chi connectivity index (χ1v) is 5.73. The van der Waals surface area contributed by atoms with Crippen LogP contribution in [0.2, 0.25) is 5.02 Å². The van der Waals surface area contributed by atoms with Crippen LogP contribution in [0, 0.1) is 5.82 Å². The molecule has 0 aliphatic carbocycles. The molecule has 6 heteroatoms. The molecule has 2 nitrogen and oxygen atoms in total. The molecule has 0 atom stereocenters. The maximum absolute atomic E-state index is 13.8. The van der Waals surface area contributed by atoms with E-state index in [1.54, 1.807) is 6.07 Å². The van der Waals surface area contributed by atoms with E-state index in [2.05, 4.69) is 10.3 Å². The van der Waals surface area contributed by atoms with E-state index < -0.39 is 17.9 Å². The van der Waals surface area contributed by atoms with E-state index >= 15 is 0 Å². The summed E-state index contributed by atoms with van der Waals surface area (Å²) < 4.78 is 39.2. The van der Waals surface area contributed by atoms with Crippen LogP contribution in [0.25, 0.3) is 10.9 Å². The first-order chi connectivity index (χ1) is 8.54. The number of alkyl halides is 2. The summed E-state index contributed by atoms with van der Waals surface area (Å²) in [5.41, 5.74) is -0.191. The summed E-state index contributed by atoms with van der Waals surface area (Å²) in [6.45, 7) is 2.35. The average Bonchev–Trinajstić information content (AvgIpc) is 2.34. The van der Waals surface area contributed by atoms with Gasteiger partial charge in [0.2, 0.25) is 0 Å². The van der Waals surface area contributed by atoms with E-state index in [0.717, 1.165) is 0 Å². The predicted octanol–water partition coefficient (Wildman–Crippen LogP) is 4.40. The van der Waals surface area contributed by atoms with Crippen molar-refractivity contribution in [3.63, 3.8) is 0 Å². The number of anilines is 1. The smallest absolute Gasteiger partial charge is 0.280 e. The molecule has 18 heavy (non-hydrogen) atoms. The van der Waals surface area contributed by atoms with E-state index in [0.29, 0.717) is 17.6 Å². The standard InChI is InChI=1S/C12H10ClF3N2/c1-2-17-8-5-9(12(15)16)18-11-6(8)3-4-7(13)10(11)14/h3-5,12H,2H2,1H3,(H,17,18). The number of nitrogens with zero attached hydrogens (tertiary/aromatic N) is 1. The second kappa shape index (κ2) is 5.02. The lowest BCUT2D eigenvalue weighted by Crippen LogP contribution is -2.02. The molecule has 2 rings (SSSR count). The third kappa shape index (κ3) is 2.22. The largest absolute Gasteiger partial charge is 0.385 e. The number of aromatic nitrogens is 1. The minimum atomic E-state index is -2.76. The van der Waals surface area contributed by atoms with Gasteiger partial charge in [0.05, 0.1) is 5.02 Å². The fraction of sp³-hybridized carbons (Fsp3) is 0.250. The van der Waals surface area contributed by atoms with Crippen LogP contribution in [0.1, 0.15) is 19.0 Å².